The molecule has 2 heterocycles. The number of benzene rings is 1. The number of carbonyl (C=O) groups excluding carboxylic acids is 1. The first-order valence-corrected chi connectivity index (χ1v) is 7.77. The third kappa shape index (κ3) is 3.39. The highest BCUT2D eigenvalue weighted by molar-refractivity contribution is 5.83. The minimum Gasteiger partial charge on any atom is -0.507 e. The van der Waals surface area contributed by atoms with Crippen LogP contribution in [0.5, 0.6) is 11.5 Å². The zero-order valence-electron chi connectivity index (χ0n) is 16.0. The molecule has 0 amide bonds. The molecule has 3 aromatic rings. The summed E-state index contributed by atoms with van der Waals surface area (Å²) in [5.74, 6) is -0.103. The number of carbonyl (C=O) groups is 1. The maximum atomic E-state index is 13.8. The minimum absolute atomic E-state index is 0.0413. The molecular formula is C18H17FN4O3. The van der Waals surface area contributed by atoms with E-state index in [-0.39, 0.29) is 34.4 Å². The smallest absolute Gasteiger partial charge is 0.310 e. The van der Waals surface area contributed by atoms with Crippen molar-refractivity contribution in [2.75, 3.05) is 0 Å². The van der Waals surface area contributed by atoms with Gasteiger partial charge in [0, 0.05) is 24.5 Å². The number of phenols is 1. The van der Waals surface area contributed by atoms with Crippen molar-refractivity contribution in [1.29, 1.82) is 0 Å². The van der Waals surface area contributed by atoms with Crippen LogP contribution in [0.4, 0.5) is 4.39 Å². The van der Waals surface area contributed by atoms with Crippen LogP contribution in [-0.4, -0.2) is 30.9 Å². The van der Waals surface area contributed by atoms with E-state index in [1.165, 1.54) is 35.2 Å². The van der Waals surface area contributed by atoms with Gasteiger partial charge in [0.05, 0.1) is 13.9 Å². The van der Waals surface area contributed by atoms with E-state index in [2.05, 4.69) is 15.0 Å². The number of aromatic hydroxyl groups is 1. The quantitative estimate of drug-likeness (QED) is 0.538. The normalized spacial score (nSPS) is 12.6. The Morgan fingerprint density at radius 3 is 2.96 bits per heavy atom. The van der Waals surface area contributed by atoms with Gasteiger partial charge in [0.25, 0.3) is 0 Å². The van der Waals surface area contributed by atoms with Crippen LogP contribution in [0.25, 0.3) is 5.82 Å². The molecule has 1 aromatic carbocycles. The zero-order chi connectivity index (χ0) is 20.5. The first-order chi connectivity index (χ1) is 13.2. The molecule has 0 saturated heterocycles. The zero-order valence-corrected chi connectivity index (χ0v) is 14.0. The first-order valence-electron chi connectivity index (χ1n) is 8.77. The second kappa shape index (κ2) is 7.30. The third-order valence-electron chi connectivity index (χ3n) is 3.59. The van der Waals surface area contributed by atoms with E-state index < -0.39 is 12.6 Å². The number of nitrogens with zero attached hydrogens (tertiary/aromatic N) is 4. The Balaban J connectivity index is 2.12. The Kier molecular flexibility index (Phi) is 4.21. The van der Waals surface area contributed by atoms with Gasteiger partial charge in [-0.05, 0) is 12.1 Å². The molecule has 0 spiro atoms. The lowest BCUT2D eigenvalue weighted by Crippen LogP contribution is -2.11. The first kappa shape index (κ1) is 15.0. The van der Waals surface area contributed by atoms with Crippen LogP contribution in [0, 0.1) is 6.08 Å². The minimum atomic E-state index is -2.55. The topological polar surface area (TPSA) is 90.1 Å². The third-order valence-corrected chi connectivity index (χ3v) is 3.59. The van der Waals surface area contributed by atoms with Crippen molar-refractivity contribution < 1.29 is 21.8 Å². The molecule has 3 rings (SSSR count). The number of rotatable bonds is 6. The standard InChI is InChI=1S/C18H17FN4O3/c1-11(2)16-20-6-7-23(16)17-12(8-21-18(19)22-17)10-26-15-5-3-4-14(25)13(15)9-24/h3-9,11,25H,10H2,1-2H3/i10D2. The lowest BCUT2D eigenvalue weighted by molar-refractivity contribution is 0.111. The molecule has 0 saturated carbocycles. The van der Waals surface area contributed by atoms with Crippen LogP contribution >= 0.6 is 0 Å². The molecule has 0 aliphatic heterocycles. The highest BCUT2D eigenvalue weighted by Gasteiger charge is 2.16. The van der Waals surface area contributed by atoms with Crippen LogP contribution in [0.1, 0.15) is 44.3 Å². The predicted octanol–water partition coefficient (Wildman–Crippen LogP) is 3.02. The van der Waals surface area contributed by atoms with Gasteiger partial charge in [0.15, 0.2) is 12.1 Å². The van der Waals surface area contributed by atoms with E-state index in [1.807, 2.05) is 13.8 Å². The largest absolute Gasteiger partial charge is 0.507 e. The van der Waals surface area contributed by atoms with E-state index in [4.69, 9.17) is 7.48 Å². The van der Waals surface area contributed by atoms with Gasteiger partial charge in [0.1, 0.15) is 23.9 Å². The van der Waals surface area contributed by atoms with Crippen molar-refractivity contribution in [3.63, 3.8) is 0 Å². The molecule has 0 aliphatic rings. The maximum absolute atomic E-state index is 13.8. The second-order valence-electron chi connectivity index (χ2n) is 5.70. The molecule has 7 nitrogen and oxygen atoms in total. The fourth-order valence-corrected chi connectivity index (χ4v) is 2.38. The lowest BCUT2D eigenvalue weighted by Gasteiger charge is -2.14. The van der Waals surface area contributed by atoms with E-state index in [9.17, 15) is 14.3 Å². The Hall–Kier alpha value is -3.29. The molecule has 8 heteroatoms. The fourth-order valence-electron chi connectivity index (χ4n) is 2.38. The average molecular weight is 358 g/mol. The SMILES string of the molecule is [2H]C([2H])(Oc1cccc(O)c1C=O)c1cnc(F)nc1-n1ccnc1C(C)C. The van der Waals surface area contributed by atoms with Crippen molar-refractivity contribution in [2.45, 2.75) is 26.3 Å². The Labute approximate surface area is 151 Å². The van der Waals surface area contributed by atoms with Crippen molar-refractivity contribution in [1.82, 2.24) is 19.5 Å². The van der Waals surface area contributed by atoms with E-state index >= 15 is 0 Å². The molecule has 0 aliphatic carbocycles. The molecule has 0 unspecified atom stereocenters. The van der Waals surface area contributed by atoms with Crippen molar-refractivity contribution >= 4 is 6.29 Å². The summed E-state index contributed by atoms with van der Waals surface area (Å²) in [4.78, 5) is 22.6. The van der Waals surface area contributed by atoms with Crippen LogP contribution in [0.3, 0.4) is 0 Å². The molecule has 1 N–H and O–H groups in total. The van der Waals surface area contributed by atoms with Crippen LogP contribution in [-0.2, 0) is 6.56 Å². The van der Waals surface area contributed by atoms with Crippen molar-refractivity contribution in [3.8, 4) is 17.3 Å². The van der Waals surface area contributed by atoms with Crippen LogP contribution in [0.2, 0.25) is 0 Å². The molecular weight excluding hydrogens is 339 g/mol. The van der Waals surface area contributed by atoms with Gasteiger partial charge >= 0.3 is 6.08 Å². The number of halogens is 1. The summed E-state index contributed by atoms with van der Waals surface area (Å²) in [6, 6.07) is 4.02. The van der Waals surface area contributed by atoms with Gasteiger partial charge in [-0.25, -0.2) is 9.97 Å². The average Bonchev–Trinajstić information content (AvgIpc) is 3.11. The fraction of sp³-hybridized carbons (Fsp3) is 0.222. The Morgan fingerprint density at radius 2 is 2.23 bits per heavy atom. The van der Waals surface area contributed by atoms with Gasteiger partial charge in [-0.15, -0.1) is 0 Å². The number of aldehydes is 1. The summed E-state index contributed by atoms with van der Waals surface area (Å²) >= 11 is 0. The summed E-state index contributed by atoms with van der Waals surface area (Å²) < 4.78 is 37.3. The molecule has 26 heavy (non-hydrogen) atoms. The second-order valence-corrected chi connectivity index (χ2v) is 5.70. The highest BCUT2D eigenvalue weighted by Crippen LogP contribution is 2.27. The highest BCUT2D eigenvalue weighted by atomic mass is 19.1. The maximum Gasteiger partial charge on any atom is 0.310 e. The van der Waals surface area contributed by atoms with E-state index in [0.29, 0.717) is 12.1 Å². The summed E-state index contributed by atoms with van der Waals surface area (Å²) in [6.07, 6.45) is 3.32. The summed E-state index contributed by atoms with van der Waals surface area (Å²) in [5, 5.41) is 9.78. The van der Waals surface area contributed by atoms with E-state index in [0.717, 1.165) is 6.20 Å². The summed E-state index contributed by atoms with van der Waals surface area (Å²) in [5.41, 5.74) is -0.379. The predicted molar refractivity (Wildman–Crippen MR) is 91.0 cm³/mol. The van der Waals surface area contributed by atoms with Gasteiger partial charge in [-0.1, -0.05) is 19.9 Å². The molecule has 2 aromatic heterocycles. The monoisotopic (exact) mass is 358 g/mol. The number of aromatic nitrogens is 4. The Bertz CT molecular complexity index is 1020. The van der Waals surface area contributed by atoms with Gasteiger partial charge in [-0.2, -0.15) is 9.37 Å². The number of imidazole rings is 1. The number of ether oxygens (including phenoxy) is 1. The number of hydrogen-bond acceptors (Lipinski definition) is 6. The Morgan fingerprint density at radius 1 is 1.42 bits per heavy atom. The summed E-state index contributed by atoms with van der Waals surface area (Å²) in [6.45, 7) is 1.21. The van der Waals surface area contributed by atoms with Crippen molar-refractivity contribution in [3.05, 3.63) is 59.8 Å². The molecule has 0 bridgehead atoms. The number of phenolic OH excluding ortho intramolecular Hbond substituents is 1. The van der Waals surface area contributed by atoms with Crippen molar-refractivity contribution in [2.24, 2.45) is 0 Å². The van der Waals surface area contributed by atoms with E-state index in [1.54, 1.807) is 0 Å². The molecule has 0 atom stereocenters. The lowest BCUT2D eigenvalue weighted by atomic mass is 10.2. The number of hydrogen-bond donors (Lipinski definition) is 1. The molecule has 0 radical (unpaired) electrons. The van der Waals surface area contributed by atoms with Crippen LogP contribution in [0.15, 0.2) is 36.8 Å². The van der Waals surface area contributed by atoms with Gasteiger partial charge < -0.3 is 9.84 Å². The molecule has 0 fully saturated rings. The summed E-state index contributed by atoms with van der Waals surface area (Å²) in [7, 11) is 0. The van der Waals surface area contributed by atoms with Gasteiger partial charge in [-0.3, -0.25) is 9.36 Å². The van der Waals surface area contributed by atoms with Gasteiger partial charge in [0.2, 0.25) is 0 Å². The van der Waals surface area contributed by atoms with Crippen LogP contribution < -0.4 is 4.74 Å². The molecule has 134 valence electrons.